The number of piperidine rings is 1. The van der Waals surface area contributed by atoms with Gasteiger partial charge in [0, 0.05) is 30.9 Å². The summed E-state index contributed by atoms with van der Waals surface area (Å²) in [5, 5.41) is 13.4. The second-order valence-corrected chi connectivity index (χ2v) is 6.79. The van der Waals surface area contributed by atoms with E-state index in [1.807, 2.05) is 6.07 Å². The molecule has 2 N–H and O–H groups in total. The first-order valence-corrected chi connectivity index (χ1v) is 8.62. The van der Waals surface area contributed by atoms with Crippen LogP contribution in [0.4, 0.5) is 10.1 Å². The van der Waals surface area contributed by atoms with Gasteiger partial charge < -0.3 is 15.3 Å². The van der Waals surface area contributed by atoms with Gasteiger partial charge in [0.2, 0.25) is 0 Å². The van der Waals surface area contributed by atoms with Crippen LogP contribution in [0.5, 0.6) is 0 Å². The van der Waals surface area contributed by atoms with Crippen LogP contribution in [0.2, 0.25) is 0 Å². The third-order valence-corrected chi connectivity index (χ3v) is 5.10. The van der Waals surface area contributed by atoms with E-state index in [9.17, 15) is 9.50 Å². The van der Waals surface area contributed by atoms with Crippen molar-refractivity contribution >= 4 is 5.69 Å². The Morgan fingerprint density at radius 2 is 1.86 bits per heavy atom. The standard InChI is InChI=1S/C18H27FN2O/c1-13(20-15-4-2-3-5-15)17-12-14(19)6-7-18(17)21-10-8-16(22)9-11-21/h6-7,12-13,15-16,20,22H,2-5,8-11H2,1H3. The zero-order valence-electron chi connectivity index (χ0n) is 13.4. The fourth-order valence-electron chi connectivity index (χ4n) is 3.80. The average molecular weight is 306 g/mol. The van der Waals surface area contributed by atoms with Crippen LogP contribution in [0, 0.1) is 5.82 Å². The quantitative estimate of drug-likeness (QED) is 0.895. The van der Waals surface area contributed by atoms with E-state index in [0.29, 0.717) is 6.04 Å². The summed E-state index contributed by atoms with van der Waals surface area (Å²) in [6.45, 7) is 3.82. The van der Waals surface area contributed by atoms with E-state index in [1.165, 1.54) is 25.7 Å². The minimum Gasteiger partial charge on any atom is -0.393 e. The minimum atomic E-state index is -0.186. The Labute approximate surface area is 132 Å². The highest BCUT2D eigenvalue weighted by Crippen LogP contribution is 2.31. The first kappa shape index (κ1) is 15.8. The Bertz CT molecular complexity index is 494. The van der Waals surface area contributed by atoms with Crippen molar-refractivity contribution in [1.82, 2.24) is 5.32 Å². The molecule has 0 bridgehead atoms. The van der Waals surface area contributed by atoms with Gasteiger partial charge in [0.25, 0.3) is 0 Å². The van der Waals surface area contributed by atoms with Gasteiger partial charge in [-0.1, -0.05) is 12.8 Å². The molecule has 1 unspecified atom stereocenters. The van der Waals surface area contributed by atoms with Crippen LogP contribution < -0.4 is 10.2 Å². The van der Waals surface area contributed by atoms with Crippen LogP contribution in [-0.4, -0.2) is 30.3 Å². The van der Waals surface area contributed by atoms with E-state index in [1.54, 1.807) is 12.1 Å². The van der Waals surface area contributed by atoms with Crippen LogP contribution in [0.3, 0.4) is 0 Å². The Morgan fingerprint density at radius 1 is 1.18 bits per heavy atom. The number of rotatable bonds is 4. The van der Waals surface area contributed by atoms with Crippen LogP contribution in [0.25, 0.3) is 0 Å². The minimum absolute atomic E-state index is 0.153. The molecule has 0 aromatic heterocycles. The molecule has 3 rings (SSSR count). The van der Waals surface area contributed by atoms with Crippen molar-refractivity contribution in [1.29, 1.82) is 0 Å². The van der Waals surface area contributed by atoms with Crippen LogP contribution in [0.15, 0.2) is 18.2 Å². The summed E-state index contributed by atoms with van der Waals surface area (Å²) in [4.78, 5) is 2.29. The molecule has 3 nitrogen and oxygen atoms in total. The highest BCUT2D eigenvalue weighted by atomic mass is 19.1. The van der Waals surface area contributed by atoms with Gasteiger partial charge in [-0.05, 0) is 56.4 Å². The van der Waals surface area contributed by atoms with Crippen molar-refractivity contribution in [3.05, 3.63) is 29.6 Å². The molecule has 1 aliphatic carbocycles. The third kappa shape index (κ3) is 3.61. The second-order valence-electron chi connectivity index (χ2n) is 6.79. The van der Waals surface area contributed by atoms with E-state index in [-0.39, 0.29) is 18.0 Å². The summed E-state index contributed by atoms with van der Waals surface area (Å²) in [7, 11) is 0. The highest BCUT2D eigenvalue weighted by Gasteiger charge is 2.23. The molecule has 22 heavy (non-hydrogen) atoms. The molecule has 1 saturated carbocycles. The number of nitrogens with one attached hydrogen (secondary N) is 1. The largest absolute Gasteiger partial charge is 0.393 e. The van der Waals surface area contributed by atoms with Crippen molar-refractivity contribution in [2.75, 3.05) is 18.0 Å². The molecule has 2 fully saturated rings. The predicted molar refractivity (Wildman–Crippen MR) is 87.7 cm³/mol. The van der Waals surface area contributed by atoms with Gasteiger partial charge in [0.15, 0.2) is 0 Å². The monoisotopic (exact) mass is 306 g/mol. The average Bonchev–Trinajstić information content (AvgIpc) is 3.01. The van der Waals surface area contributed by atoms with Gasteiger partial charge in [-0.15, -0.1) is 0 Å². The zero-order chi connectivity index (χ0) is 15.5. The molecule has 1 atom stereocenters. The lowest BCUT2D eigenvalue weighted by Gasteiger charge is -2.34. The summed E-state index contributed by atoms with van der Waals surface area (Å²) in [6.07, 6.45) is 6.45. The van der Waals surface area contributed by atoms with Crippen LogP contribution >= 0.6 is 0 Å². The smallest absolute Gasteiger partial charge is 0.123 e. The number of halogens is 1. The summed E-state index contributed by atoms with van der Waals surface area (Å²) >= 11 is 0. The number of hydrogen-bond donors (Lipinski definition) is 2. The first-order chi connectivity index (χ1) is 10.6. The van der Waals surface area contributed by atoms with E-state index >= 15 is 0 Å². The van der Waals surface area contributed by atoms with Crippen molar-refractivity contribution in [3.8, 4) is 0 Å². The Hall–Kier alpha value is -1.13. The van der Waals surface area contributed by atoms with Crippen molar-refractivity contribution in [2.45, 2.75) is 63.6 Å². The molecule has 1 heterocycles. The molecule has 0 amide bonds. The Kier molecular flexibility index (Phi) is 4.99. The fourth-order valence-corrected chi connectivity index (χ4v) is 3.80. The van der Waals surface area contributed by atoms with Crippen molar-refractivity contribution < 1.29 is 9.50 Å². The van der Waals surface area contributed by atoms with Gasteiger partial charge >= 0.3 is 0 Å². The molecular formula is C18H27FN2O. The molecule has 2 aliphatic rings. The first-order valence-electron chi connectivity index (χ1n) is 8.62. The summed E-state index contributed by atoms with van der Waals surface area (Å²) < 4.78 is 13.8. The van der Waals surface area contributed by atoms with Crippen molar-refractivity contribution in [2.24, 2.45) is 0 Å². The topological polar surface area (TPSA) is 35.5 Å². The van der Waals surface area contributed by atoms with Gasteiger partial charge in [-0.3, -0.25) is 0 Å². The Morgan fingerprint density at radius 3 is 2.55 bits per heavy atom. The summed E-state index contributed by atoms with van der Waals surface area (Å²) in [6, 6.07) is 5.84. The number of hydrogen-bond acceptors (Lipinski definition) is 3. The fraction of sp³-hybridized carbons (Fsp3) is 0.667. The number of nitrogens with zero attached hydrogens (tertiary/aromatic N) is 1. The molecule has 4 heteroatoms. The maximum Gasteiger partial charge on any atom is 0.123 e. The maximum absolute atomic E-state index is 13.8. The normalized spacial score (nSPS) is 22.2. The molecular weight excluding hydrogens is 279 g/mol. The SMILES string of the molecule is CC(NC1CCCC1)c1cc(F)ccc1N1CCC(O)CC1. The highest BCUT2D eigenvalue weighted by molar-refractivity contribution is 5.55. The maximum atomic E-state index is 13.8. The van der Waals surface area contributed by atoms with E-state index in [0.717, 1.165) is 37.2 Å². The lowest BCUT2D eigenvalue weighted by atomic mass is 10.0. The number of aliphatic hydroxyl groups excluding tert-OH is 1. The van der Waals surface area contributed by atoms with Crippen LogP contribution in [-0.2, 0) is 0 Å². The van der Waals surface area contributed by atoms with Gasteiger partial charge in [-0.2, -0.15) is 0 Å². The van der Waals surface area contributed by atoms with Crippen LogP contribution in [0.1, 0.15) is 57.1 Å². The summed E-state index contributed by atoms with van der Waals surface area (Å²) in [5.41, 5.74) is 2.16. The number of anilines is 1. The van der Waals surface area contributed by atoms with Gasteiger partial charge in [0.05, 0.1) is 6.10 Å². The predicted octanol–water partition coefficient (Wildman–Crippen LogP) is 3.38. The number of benzene rings is 1. The molecule has 0 spiro atoms. The second kappa shape index (κ2) is 6.97. The molecule has 0 radical (unpaired) electrons. The number of aliphatic hydroxyl groups is 1. The lowest BCUT2D eigenvalue weighted by Crippen LogP contribution is -2.37. The third-order valence-electron chi connectivity index (χ3n) is 5.10. The molecule has 1 aromatic rings. The molecule has 1 aromatic carbocycles. The molecule has 1 saturated heterocycles. The molecule has 122 valence electrons. The van der Waals surface area contributed by atoms with E-state index in [2.05, 4.69) is 17.1 Å². The summed E-state index contributed by atoms with van der Waals surface area (Å²) in [5.74, 6) is -0.170. The van der Waals surface area contributed by atoms with Gasteiger partial charge in [0.1, 0.15) is 5.82 Å². The Balaban J connectivity index is 1.77. The van der Waals surface area contributed by atoms with Gasteiger partial charge in [-0.25, -0.2) is 4.39 Å². The molecule has 1 aliphatic heterocycles. The van der Waals surface area contributed by atoms with Crippen molar-refractivity contribution in [3.63, 3.8) is 0 Å². The van der Waals surface area contributed by atoms with E-state index in [4.69, 9.17) is 0 Å². The lowest BCUT2D eigenvalue weighted by molar-refractivity contribution is 0.145. The zero-order valence-corrected chi connectivity index (χ0v) is 13.4. The van der Waals surface area contributed by atoms with E-state index < -0.39 is 0 Å².